The van der Waals surface area contributed by atoms with E-state index < -0.39 is 0 Å². The van der Waals surface area contributed by atoms with Crippen molar-refractivity contribution in [3.8, 4) is 23.0 Å². The van der Waals surface area contributed by atoms with Crippen LogP contribution in [0.4, 0.5) is 0 Å². The number of hydrogen-bond acceptors (Lipinski definition) is 4. The standard InChI is InChI=1S/C13H13BrN2O2/c1-17-11-8-15-12(16-13(11)18-2)10-5-3-9(7-14)4-6-10/h3-6,8H,7H2,1-2H3. The summed E-state index contributed by atoms with van der Waals surface area (Å²) in [5.74, 6) is 1.58. The second-order valence-corrected chi connectivity index (χ2v) is 4.16. The van der Waals surface area contributed by atoms with E-state index in [1.165, 1.54) is 5.56 Å². The summed E-state index contributed by atoms with van der Waals surface area (Å²) in [4.78, 5) is 8.57. The quantitative estimate of drug-likeness (QED) is 0.814. The lowest BCUT2D eigenvalue weighted by Gasteiger charge is -2.07. The number of aromatic nitrogens is 2. The SMILES string of the molecule is COc1cnc(-c2ccc(CBr)cc2)nc1OC. The molecule has 1 aromatic carbocycles. The molecular formula is C13H13BrN2O2. The Bertz CT molecular complexity index is 529. The van der Waals surface area contributed by atoms with Crippen molar-refractivity contribution in [2.24, 2.45) is 0 Å². The molecule has 0 saturated heterocycles. The first-order valence-electron chi connectivity index (χ1n) is 5.38. The van der Waals surface area contributed by atoms with Crippen LogP contribution in [0.5, 0.6) is 11.6 Å². The van der Waals surface area contributed by atoms with Gasteiger partial charge in [-0.1, -0.05) is 40.2 Å². The van der Waals surface area contributed by atoms with E-state index in [2.05, 4.69) is 25.9 Å². The molecule has 0 aliphatic rings. The van der Waals surface area contributed by atoms with Crippen molar-refractivity contribution >= 4 is 15.9 Å². The van der Waals surface area contributed by atoms with Gasteiger partial charge in [-0.15, -0.1) is 0 Å². The molecular weight excluding hydrogens is 296 g/mol. The van der Waals surface area contributed by atoms with Crippen molar-refractivity contribution in [3.05, 3.63) is 36.0 Å². The minimum absolute atomic E-state index is 0.437. The van der Waals surface area contributed by atoms with Crippen molar-refractivity contribution in [3.63, 3.8) is 0 Å². The van der Waals surface area contributed by atoms with Gasteiger partial charge in [-0.25, -0.2) is 4.98 Å². The maximum Gasteiger partial charge on any atom is 0.260 e. The summed E-state index contributed by atoms with van der Waals surface area (Å²) in [6.07, 6.45) is 1.61. The zero-order chi connectivity index (χ0) is 13.0. The molecule has 0 amide bonds. The van der Waals surface area contributed by atoms with Crippen LogP contribution in [0.1, 0.15) is 5.56 Å². The van der Waals surface area contributed by atoms with Crippen LogP contribution in [-0.2, 0) is 5.33 Å². The fourth-order valence-electron chi connectivity index (χ4n) is 1.52. The lowest BCUT2D eigenvalue weighted by atomic mass is 10.1. The molecule has 5 heteroatoms. The highest BCUT2D eigenvalue weighted by Gasteiger charge is 2.09. The van der Waals surface area contributed by atoms with Gasteiger partial charge >= 0.3 is 0 Å². The first-order valence-corrected chi connectivity index (χ1v) is 6.51. The lowest BCUT2D eigenvalue weighted by Crippen LogP contribution is -1.97. The molecule has 18 heavy (non-hydrogen) atoms. The van der Waals surface area contributed by atoms with Gasteiger partial charge in [0.2, 0.25) is 0 Å². The van der Waals surface area contributed by atoms with Crippen LogP contribution in [0.2, 0.25) is 0 Å². The summed E-state index contributed by atoms with van der Waals surface area (Å²) < 4.78 is 10.3. The van der Waals surface area contributed by atoms with E-state index in [9.17, 15) is 0 Å². The first-order chi connectivity index (χ1) is 8.78. The molecule has 0 unspecified atom stereocenters. The number of halogens is 1. The van der Waals surface area contributed by atoms with E-state index in [1.807, 2.05) is 24.3 Å². The van der Waals surface area contributed by atoms with E-state index in [0.29, 0.717) is 17.5 Å². The predicted molar refractivity (Wildman–Crippen MR) is 73.2 cm³/mol. The zero-order valence-corrected chi connectivity index (χ0v) is 11.8. The molecule has 1 heterocycles. The minimum Gasteiger partial charge on any atom is -0.490 e. The van der Waals surface area contributed by atoms with E-state index in [0.717, 1.165) is 10.9 Å². The van der Waals surface area contributed by atoms with Gasteiger partial charge in [0.1, 0.15) is 0 Å². The van der Waals surface area contributed by atoms with E-state index in [1.54, 1.807) is 20.4 Å². The molecule has 0 bridgehead atoms. The highest BCUT2D eigenvalue weighted by atomic mass is 79.9. The average molecular weight is 309 g/mol. The Morgan fingerprint density at radius 1 is 1.11 bits per heavy atom. The van der Waals surface area contributed by atoms with Crippen molar-refractivity contribution in [1.29, 1.82) is 0 Å². The molecule has 1 aromatic heterocycles. The van der Waals surface area contributed by atoms with E-state index in [4.69, 9.17) is 9.47 Å². The largest absolute Gasteiger partial charge is 0.490 e. The number of alkyl halides is 1. The smallest absolute Gasteiger partial charge is 0.260 e. The maximum absolute atomic E-state index is 5.16. The van der Waals surface area contributed by atoms with Crippen molar-refractivity contribution in [2.45, 2.75) is 5.33 Å². The number of nitrogens with zero attached hydrogens (tertiary/aromatic N) is 2. The molecule has 0 atom stereocenters. The van der Waals surface area contributed by atoms with Crippen molar-refractivity contribution < 1.29 is 9.47 Å². The van der Waals surface area contributed by atoms with Crippen LogP contribution in [0, 0.1) is 0 Å². The predicted octanol–water partition coefficient (Wildman–Crippen LogP) is 3.06. The molecule has 2 rings (SSSR count). The summed E-state index contributed by atoms with van der Waals surface area (Å²) in [7, 11) is 3.12. The molecule has 2 aromatic rings. The summed E-state index contributed by atoms with van der Waals surface area (Å²) >= 11 is 3.41. The second-order valence-electron chi connectivity index (χ2n) is 3.60. The van der Waals surface area contributed by atoms with E-state index >= 15 is 0 Å². The van der Waals surface area contributed by atoms with Gasteiger partial charge in [0.05, 0.1) is 20.4 Å². The summed E-state index contributed by atoms with van der Waals surface area (Å²) in [6, 6.07) is 8.03. The minimum atomic E-state index is 0.437. The Morgan fingerprint density at radius 2 is 1.83 bits per heavy atom. The first kappa shape index (κ1) is 12.8. The molecule has 0 saturated carbocycles. The summed E-state index contributed by atoms with van der Waals surface area (Å²) in [6.45, 7) is 0. The Balaban J connectivity index is 2.37. The molecule has 0 radical (unpaired) electrons. The van der Waals surface area contributed by atoms with Gasteiger partial charge < -0.3 is 9.47 Å². The van der Waals surface area contributed by atoms with Gasteiger partial charge in [0, 0.05) is 10.9 Å². The monoisotopic (exact) mass is 308 g/mol. The van der Waals surface area contributed by atoms with Crippen molar-refractivity contribution in [1.82, 2.24) is 9.97 Å². The lowest BCUT2D eigenvalue weighted by molar-refractivity contribution is 0.341. The fourth-order valence-corrected chi connectivity index (χ4v) is 1.90. The third-order valence-corrected chi connectivity index (χ3v) is 3.15. The zero-order valence-electron chi connectivity index (χ0n) is 10.2. The topological polar surface area (TPSA) is 44.2 Å². The Hall–Kier alpha value is -1.62. The Labute approximate surface area is 114 Å². The summed E-state index contributed by atoms with van der Waals surface area (Å²) in [5.41, 5.74) is 2.15. The van der Waals surface area contributed by atoms with Gasteiger partial charge in [-0.05, 0) is 5.56 Å². The number of benzene rings is 1. The Morgan fingerprint density at radius 3 is 2.39 bits per heavy atom. The summed E-state index contributed by atoms with van der Waals surface area (Å²) in [5, 5.41) is 0.833. The fraction of sp³-hybridized carbons (Fsp3) is 0.231. The molecule has 0 aliphatic heterocycles. The molecule has 0 spiro atoms. The Kier molecular flexibility index (Phi) is 4.15. The van der Waals surface area contributed by atoms with E-state index in [-0.39, 0.29) is 0 Å². The van der Waals surface area contributed by atoms with Crippen LogP contribution in [0.25, 0.3) is 11.4 Å². The van der Waals surface area contributed by atoms with Crippen LogP contribution in [0.3, 0.4) is 0 Å². The molecule has 0 aliphatic carbocycles. The highest BCUT2D eigenvalue weighted by molar-refractivity contribution is 9.08. The van der Waals surface area contributed by atoms with Crippen LogP contribution in [-0.4, -0.2) is 24.2 Å². The number of ether oxygens (including phenoxy) is 2. The van der Waals surface area contributed by atoms with Gasteiger partial charge in [-0.3, -0.25) is 0 Å². The number of methoxy groups -OCH3 is 2. The van der Waals surface area contributed by atoms with Crippen LogP contribution in [0.15, 0.2) is 30.5 Å². The van der Waals surface area contributed by atoms with Gasteiger partial charge in [0.15, 0.2) is 11.6 Å². The van der Waals surface area contributed by atoms with Crippen LogP contribution < -0.4 is 9.47 Å². The molecule has 0 N–H and O–H groups in total. The normalized spacial score (nSPS) is 10.2. The average Bonchev–Trinajstić information content (AvgIpc) is 2.46. The third-order valence-electron chi connectivity index (χ3n) is 2.50. The maximum atomic E-state index is 5.16. The number of rotatable bonds is 4. The molecule has 0 fully saturated rings. The highest BCUT2D eigenvalue weighted by Crippen LogP contribution is 2.26. The van der Waals surface area contributed by atoms with Crippen molar-refractivity contribution in [2.75, 3.05) is 14.2 Å². The van der Waals surface area contributed by atoms with Gasteiger partial charge in [-0.2, -0.15) is 4.98 Å². The molecule has 94 valence electrons. The van der Waals surface area contributed by atoms with Gasteiger partial charge in [0.25, 0.3) is 5.88 Å². The second kappa shape index (κ2) is 5.82. The number of hydrogen-bond donors (Lipinski definition) is 0. The third kappa shape index (κ3) is 2.61. The van der Waals surface area contributed by atoms with Crippen LogP contribution >= 0.6 is 15.9 Å². The molecule has 4 nitrogen and oxygen atoms in total.